The molecule has 0 fully saturated rings. The highest BCUT2D eigenvalue weighted by atomic mass is 14.2. The molecule has 0 amide bonds. The zero-order valence-electron chi connectivity index (χ0n) is 8.28. The fourth-order valence-electron chi connectivity index (χ4n) is 1.61. The molecule has 0 aliphatic carbocycles. The molecule has 0 spiro atoms. The average molecular weight is 152 g/mol. The molecule has 0 N–H and O–H groups in total. The Bertz CT molecular complexity index is 151. The molecule has 0 saturated carbocycles. The maximum Gasteiger partial charge on any atom is 0.00217 e. The summed E-state index contributed by atoms with van der Waals surface area (Å²) < 4.78 is 0. The first kappa shape index (κ1) is 10.5. The minimum absolute atomic E-state index is 0.514. The monoisotopic (exact) mass is 152 g/mol. The van der Waals surface area contributed by atoms with Gasteiger partial charge in [-0.25, -0.2) is 0 Å². The Morgan fingerprint density at radius 1 is 1.27 bits per heavy atom. The van der Waals surface area contributed by atoms with E-state index < -0.39 is 0 Å². The van der Waals surface area contributed by atoms with Gasteiger partial charge in [0.1, 0.15) is 0 Å². The van der Waals surface area contributed by atoms with Gasteiger partial charge in [-0.1, -0.05) is 45.1 Å². The van der Waals surface area contributed by atoms with Crippen LogP contribution in [-0.4, -0.2) is 0 Å². The fourth-order valence-corrected chi connectivity index (χ4v) is 1.61. The first-order chi connectivity index (χ1) is 5.00. The quantitative estimate of drug-likeness (QED) is 0.537. The molecular formula is C11H20. The number of allylic oxidation sites excluding steroid dienone is 2. The second kappa shape index (κ2) is 4.38. The summed E-state index contributed by atoms with van der Waals surface area (Å²) in [6.07, 6.45) is 1.07. The van der Waals surface area contributed by atoms with Crippen LogP contribution in [0.25, 0.3) is 0 Å². The lowest BCUT2D eigenvalue weighted by Crippen LogP contribution is -2.11. The Morgan fingerprint density at radius 2 is 1.73 bits per heavy atom. The molecular weight excluding hydrogens is 132 g/mol. The van der Waals surface area contributed by atoms with Gasteiger partial charge in [-0.05, 0) is 19.3 Å². The van der Waals surface area contributed by atoms with Crippen LogP contribution < -0.4 is 0 Å². The molecule has 64 valence electrons. The summed E-state index contributed by atoms with van der Waals surface area (Å²) in [6, 6.07) is 0. The van der Waals surface area contributed by atoms with Gasteiger partial charge in [-0.2, -0.15) is 0 Å². The molecule has 0 bridgehead atoms. The molecule has 1 atom stereocenters. The summed E-state index contributed by atoms with van der Waals surface area (Å²) >= 11 is 0. The molecule has 0 heteroatoms. The molecule has 0 aromatic carbocycles. The van der Waals surface area contributed by atoms with Crippen LogP contribution >= 0.6 is 0 Å². The largest absolute Gasteiger partial charge is 0.0995 e. The standard InChI is InChI=1S/C11H20/c1-7-10(6)11(8(2)3)9(4)5/h9,11H,2,6-7H2,1,3-5H3. The highest BCUT2D eigenvalue weighted by Crippen LogP contribution is 2.27. The third kappa shape index (κ3) is 2.92. The molecule has 0 rings (SSSR count). The van der Waals surface area contributed by atoms with Crippen LogP contribution in [0.15, 0.2) is 24.3 Å². The lowest BCUT2D eigenvalue weighted by Gasteiger charge is -2.22. The Labute approximate surface area is 71.0 Å². The van der Waals surface area contributed by atoms with Crippen molar-refractivity contribution >= 4 is 0 Å². The molecule has 0 aliphatic rings. The third-order valence-electron chi connectivity index (χ3n) is 2.09. The van der Waals surface area contributed by atoms with E-state index in [1.807, 2.05) is 0 Å². The Hall–Kier alpha value is -0.520. The summed E-state index contributed by atoms with van der Waals surface area (Å²) in [5, 5.41) is 0. The van der Waals surface area contributed by atoms with Crippen molar-refractivity contribution < 1.29 is 0 Å². The normalized spacial score (nSPS) is 13.2. The zero-order chi connectivity index (χ0) is 9.02. The topological polar surface area (TPSA) is 0 Å². The van der Waals surface area contributed by atoms with Crippen LogP contribution in [-0.2, 0) is 0 Å². The van der Waals surface area contributed by atoms with E-state index in [1.54, 1.807) is 0 Å². The van der Waals surface area contributed by atoms with E-state index in [9.17, 15) is 0 Å². The molecule has 0 saturated heterocycles. The Kier molecular flexibility index (Phi) is 4.17. The lowest BCUT2D eigenvalue weighted by molar-refractivity contribution is 0.495. The lowest BCUT2D eigenvalue weighted by atomic mass is 9.83. The third-order valence-corrected chi connectivity index (χ3v) is 2.09. The van der Waals surface area contributed by atoms with Crippen LogP contribution in [0.1, 0.15) is 34.1 Å². The summed E-state index contributed by atoms with van der Waals surface area (Å²) in [5.41, 5.74) is 2.55. The average Bonchev–Trinajstić information content (AvgIpc) is 1.85. The van der Waals surface area contributed by atoms with Gasteiger partial charge in [0.2, 0.25) is 0 Å². The highest BCUT2D eigenvalue weighted by Gasteiger charge is 2.15. The van der Waals surface area contributed by atoms with Gasteiger partial charge in [0.25, 0.3) is 0 Å². The maximum atomic E-state index is 4.06. The molecule has 0 nitrogen and oxygen atoms in total. The van der Waals surface area contributed by atoms with Crippen molar-refractivity contribution in [2.24, 2.45) is 11.8 Å². The van der Waals surface area contributed by atoms with Gasteiger partial charge >= 0.3 is 0 Å². The van der Waals surface area contributed by atoms with Crippen molar-refractivity contribution in [2.75, 3.05) is 0 Å². The fraction of sp³-hybridized carbons (Fsp3) is 0.636. The number of rotatable bonds is 4. The second-order valence-electron chi connectivity index (χ2n) is 3.58. The van der Waals surface area contributed by atoms with E-state index in [0.29, 0.717) is 11.8 Å². The molecule has 0 aromatic heterocycles. The van der Waals surface area contributed by atoms with E-state index in [0.717, 1.165) is 6.42 Å². The van der Waals surface area contributed by atoms with E-state index in [1.165, 1.54) is 11.1 Å². The molecule has 0 heterocycles. The van der Waals surface area contributed by atoms with Gasteiger partial charge in [0.15, 0.2) is 0 Å². The highest BCUT2D eigenvalue weighted by molar-refractivity contribution is 5.15. The van der Waals surface area contributed by atoms with Gasteiger partial charge in [0.05, 0.1) is 0 Å². The first-order valence-electron chi connectivity index (χ1n) is 4.33. The van der Waals surface area contributed by atoms with Gasteiger partial charge in [-0.3, -0.25) is 0 Å². The smallest absolute Gasteiger partial charge is 0.00217 e. The summed E-state index contributed by atoms with van der Waals surface area (Å²) in [7, 11) is 0. The number of hydrogen-bond acceptors (Lipinski definition) is 0. The predicted octanol–water partition coefficient (Wildman–Crippen LogP) is 3.80. The van der Waals surface area contributed by atoms with Gasteiger partial charge in [-0.15, -0.1) is 0 Å². The molecule has 11 heavy (non-hydrogen) atoms. The van der Waals surface area contributed by atoms with Gasteiger partial charge < -0.3 is 0 Å². The van der Waals surface area contributed by atoms with Crippen molar-refractivity contribution in [3.63, 3.8) is 0 Å². The minimum atomic E-state index is 0.514. The summed E-state index contributed by atoms with van der Waals surface area (Å²) in [4.78, 5) is 0. The van der Waals surface area contributed by atoms with Crippen molar-refractivity contribution in [3.05, 3.63) is 24.3 Å². The molecule has 0 aromatic rings. The van der Waals surface area contributed by atoms with Crippen LogP contribution in [0, 0.1) is 11.8 Å². The molecule has 0 aliphatic heterocycles. The van der Waals surface area contributed by atoms with E-state index in [4.69, 9.17) is 0 Å². The second-order valence-corrected chi connectivity index (χ2v) is 3.58. The zero-order valence-corrected chi connectivity index (χ0v) is 8.28. The Balaban J connectivity index is 4.34. The summed E-state index contributed by atoms with van der Waals surface area (Å²) in [6.45, 7) is 16.7. The minimum Gasteiger partial charge on any atom is -0.0995 e. The SMILES string of the molecule is C=C(C)C(C(=C)CC)C(C)C. The van der Waals surface area contributed by atoms with Crippen molar-refractivity contribution in [1.29, 1.82) is 0 Å². The molecule has 1 unspecified atom stereocenters. The van der Waals surface area contributed by atoms with Crippen LogP contribution in [0.3, 0.4) is 0 Å². The van der Waals surface area contributed by atoms with Crippen molar-refractivity contribution in [2.45, 2.75) is 34.1 Å². The van der Waals surface area contributed by atoms with Crippen LogP contribution in [0.4, 0.5) is 0 Å². The van der Waals surface area contributed by atoms with Crippen LogP contribution in [0.2, 0.25) is 0 Å². The van der Waals surface area contributed by atoms with E-state index in [-0.39, 0.29) is 0 Å². The first-order valence-corrected chi connectivity index (χ1v) is 4.33. The van der Waals surface area contributed by atoms with E-state index in [2.05, 4.69) is 40.9 Å². The van der Waals surface area contributed by atoms with Gasteiger partial charge in [0, 0.05) is 5.92 Å². The Morgan fingerprint density at radius 3 is 1.82 bits per heavy atom. The maximum absolute atomic E-state index is 4.06. The predicted molar refractivity (Wildman–Crippen MR) is 52.6 cm³/mol. The molecule has 0 radical (unpaired) electrons. The summed E-state index contributed by atoms with van der Waals surface area (Å²) in [5.74, 6) is 1.15. The van der Waals surface area contributed by atoms with Crippen molar-refractivity contribution in [3.8, 4) is 0 Å². The van der Waals surface area contributed by atoms with Crippen LogP contribution in [0.5, 0.6) is 0 Å². The number of hydrogen-bond donors (Lipinski definition) is 0. The van der Waals surface area contributed by atoms with Crippen molar-refractivity contribution in [1.82, 2.24) is 0 Å². The van der Waals surface area contributed by atoms with E-state index >= 15 is 0 Å².